The molecule has 202 valence electrons. The quantitative estimate of drug-likeness (QED) is 0.380. The van der Waals surface area contributed by atoms with Crippen LogP contribution in [0.25, 0.3) is 22.3 Å². The minimum atomic E-state index is -1.05. The Morgan fingerprint density at radius 2 is 2.03 bits per heavy atom. The zero-order chi connectivity index (χ0) is 27.2. The van der Waals surface area contributed by atoms with Crippen LogP contribution in [0.1, 0.15) is 84.4 Å². The number of halogens is 1. The largest absolute Gasteiger partial charge is 0.460 e. The lowest BCUT2D eigenvalue weighted by Crippen LogP contribution is -2.39. The molecule has 39 heavy (non-hydrogen) atoms. The summed E-state index contributed by atoms with van der Waals surface area (Å²) in [6, 6.07) is 2.91. The number of carbonyl (C=O) groups is 2. The van der Waals surface area contributed by atoms with Gasteiger partial charge in [-0.2, -0.15) is 0 Å². The molecule has 8 nitrogen and oxygen atoms in total. The number of nitrogens with one attached hydrogen (secondary N) is 1. The molecule has 1 saturated carbocycles. The van der Waals surface area contributed by atoms with Crippen LogP contribution in [0.4, 0.5) is 4.39 Å². The van der Waals surface area contributed by atoms with Crippen molar-refractivity contribution in [2.45, 2.75) is 83.6 Å². The highest BCUT2D eigenvalue weighted by Gasteiger charge is 2.40. The summed E-state index contributed by atoms with van der Waals surface area (Å²) in [4.78, 5) is 44.2. The van der Waals surface area contributed by atoms with E-state index in [1.54, 1.807) is 11.5 Å². The molecule has 7 rings (SSSR count). The summed E-state index contributed by atoms with van der Waals surface area (Å²) in [6.07, 6.45) is 3.07. The minimum absolute atomic E-state index is 0.00413. The number of aromatic nitrogens is 2. The average Bonchev–Trinajstić information content (AvgIpc) is 3.70. The van der Waals surface area contributed by atoms with E-state index in [4.69, 9.17) is 9.72 Å². The first kappa shape index (κ1) is 24.5. The number of aliphatic hydroxyl groups excluding tert-OH is 1. The topological polar surface area (TPSA) is 111 Å². The fraction of sp³-hybridized carbons (Fsp3) is 0.467. The Hall–Kier alpha value is -3.59. The van der Waals surface area contributed by atoms with Gasteiger partial charge in [-0.1, -0.05) is 13.3 Å². The Balaban J connectivity index is 1.43. The van der Waals surface area contributed by atoms with Crippen LogP contribution < -0.4 is 10.9 Å². The third-order valence-electron chi connectivity index (χ3n) is 9.02. The summed E-state index contributed by atoms with van der Waals surface area (Å²) in [5.41, 5.74) is 5.70. The molecule has 2 aliphatic carbocycles. The van der Waals surface area contributed by atoms with E-state index in [1.165, 1.54) is 6.07 Å². The van der Waals surface area contributed by atoms with Crippen molar-refractivity contribution >= 4 is 22.8 Å². The van der Waals surface area contributed by atoms with Crippen LogP contribution in [-0.2, 0) is 33.9 Å². The smallest absolute Gasteiger partial charge is 0.313 e. The number of carbonyl (C=O) groups excluding carboxylic acids is 2. The van der Waals surface area contributed by atoms with Crippen molar-refractivity contribution in [1.82, 2.24) is 14.9 Å². The number of amides is 1. The molecule has 0 unspecified atom stereocenters. The summed E-state index contributed by atoms with van der Waals surface area (Å²) in [6.45, 7) is 3.94. The maximum Gasteiger partial charge on any atom is 0.313 e. The van der Waals surface area contributed by atoms with Gasteiger partial charge in [0.25, 0.3) is 5.56 Å². The molecule has 0 bridgehead atoms. The number of hydrogen-bond acceptors (Lipinski definition) is 6. The van der Waals surface area contributed by atoms with Crippen LogP contribution >= 0.6 is 0 Å². The first-order chi connectivity index (χ1) is 18.8. The van der Waals surface area contributed by atoms with Gasteiger partial charge >= 0.3 is 5.97 Å². The number of pyridine rings is 2. The molecule has 0 spiro atoms. The van der Waals surface area contributed by atoms with E-state index in [1.807, 2.05) is 13.0 Å². The highest BCUT2D eigenvalue weighted by atomic mass is 19.1. The number of fused-ring (bicyclic) bond motifs is 5. The number of benzene rings is 1. The second-order valence-corrected chi connectivity index (χ2v) is 11.4. The maximum atomic E-state index is 15.0. The van der Waals surface area contributed by atoms with Crippen molar-refractivity contribution < 1.29 is 23.8 Å². The van der Waals surface area contributed by atoms with E-state index in [0.29, 0.717) is 52.9 Å². The van der Waals surface area contributed by atoms with Crippen LogP contribution in [0.5, 0.6) is 0 Å². The van der Waals surface area contributed by atoms with Crippen molar-refractivity contribution in [1.29, 1.82) is 0 Å². The second-order valence-electron chi connectivity index (χ2n) is 11.4. The molecule has 3 atom stereocenters. The summed E-state index contributed by atoms with van der Waals surface area (Å²) < 4.78 is 22.1. The van der Waals surface area contributed by atoms with Gasteiger partial charge in [0.15, 0.2) is 0 Å². The van der Waals surface area contributed by atoms with Crippen LogP contribution in [0.3, 0.4) is 0 Å². The van der Waals surface area contributed by atoms with Gasteiger partial charge in [-0.05, 0) is 73.3 Å². The maximum absolute atomic E-state index is 15.0. The molecule has 2 aliphatic heterocycles. The van der Waals surface area contributed by atoms with Crippen LogP contribution in [0.2, 0.25) is 0 Å². The summed E-state index contributed by atoms with van der Waals surface area (Å²) in [5.74, 6) is -1.58. The van der Waals surface area contributed by atoms with Crippen molar-refractivity contribution in [3.63, 3.8) is 0 Å². The first-order valence-corrected chi connectivity index (χ1v) is 13.8. The number of hydrogen-bond donors (Lipinski definition) is 2. The number of rotatable bonds is 5. The number of nitrogens with zero attached hydrogens (tertiary/aromatic N) is 2. The van der Waals surface area contributed by atoms with Gasteiger partial charge in [-0.3, -0.25) is 14.4 Å². The third kappa shape index (κ3) is 3.58. The van der Waals surface area contributed by atoms with E-state index >= 15 is 4.39 Å². The second kappa shape index (κ2) is 8.71. The molecule has 9 heteroatoms. The molecule has 4 aliphatic rings. The lowest BCUT2D eigenvalue weighted by atomic mass is 9.81. The minimum Gasteiger partial charge on any atom is -0.460 e. The molecular formula is C30H30FN3O5. The van der Waals surface area contributed by atoms with Crippen LogP contribution in [0, 0.1) is 18.7 Å². The summed E-state index contributed by atoms with van der Waals surface area (Å²) in [5, 5.41) is 14.4. The number of cyclic esters (lactones) is 1. The Morgan fingerprint density at radius 1 is 1.23 bits per heavy atom. The molecule has 0 saturated heterocycles. The fourth-order valence-corrected chi connectivity index (χ4v) is 6.78. The predicted molar refractivity (Wildman–Crippen MR) is 141 cm³/mol. The SMILES string of the molecule is CCC[C@H]1C(=O)OCc2c1cc1n(c2=O)Cc2c-1nc1cc(F)c(C)c3c1c2[C@@H](NC(=O)[C@H](O)C1CC1)CC3. The Kier molecular flexibility index (Phi) is 5.46. The van der Waals surface area contributed by atoms with Crippen molar-refractivity contribution in [2.75, 3.05) is 0 Å². The lowest BCUT2D eigenvalue weighted by Gasteiger charge is -2.30. The number of aryl methyl sites for hydroxylation is 1. The highest BCUT2D eigenvalue weighted by Crippen LogP contribution is 2.46. The monoisotopic (exact) mass is 531 g/mol. The van der Waals surface area contributed by atoms with Gasteiger partial charge in [0.2, 0.25) is 5.91 Å². The van der Waals surface area contributed by atoms with Crippen molar-refractivity contribution in [3.05, 3.63) is 61.7 Å². The standard InChI is InChI=1S/C30H30FN3O5/c1-3-4-16-17-9-23-26-18(11-34(23)29(37)19(17)12-39-30(16)38)25-21(33-28(36)27(35)14-5-6-14)8-7-15-13(2)20(31)10-22(32-26)24(15)25/h9-10,14,16,21,27,35H,3-8,11-12H2,1-2H3,(H,33,36)/t16-,21+,27-/m1/s1. The highest BCUT2D eigenvalue weighted by molar-refractivity contribution is 5.94. The zero-order valence-electron chi connectivity index (χ0n) is 22.0. The van der Waals surface area contributed by atoms with E-state index in [9.17, 15) is 19.5 Å². The van der Waals surface area contributed by atoms with Crippen molar-refractivity contribution in [2.24, 2.45) is 5.92 Å². The van der Waals surface area contributed by atoms with Gasteiger partial charge in [-0.25, -0.2) is 9.37 Å². The van der Waals surface area contributed by atoms with E-state index < -0.39 is 24.0 Å². The first-order valence-electron chi connectivity index (χ1n) is 13.8. The predicted octanol–water partition coefficient (Wildman–Crippen LogP) is 3.69. The Labute approximate surface area is 224 Å². The molecule has 3 aromatic rings. The van der Waals surface area contributed by atoms with Crippen LogP contribution in [0.15, 0.2) is 16.9 Å². The van der Waals surface area contributed by atoms with Gasteiger partial charge in [0, 0.05) is 17.0 Å². The Bertz CT molecular complexity index is 1660. The molecule has 1 aromatic carbocycles. The number of esters is 1. The summed E-state index contributed by atoms with van der Waals surface area (Å²) >= 11 is 0. The molecule has 1 amide bonds. The van der Waals surface area contributed by atoms with E-state index in [0.717, 1.165) is 41.3 Å². The molecule has 4 heterocycles. The molecule has 1 fully saturated rings. The van der Waals surface area contributed by atoms with E-state index in [2.05, 4.69) is 5.32 Å². The van der Waals surface area contributed by atoms with Gasteiger partial charge in [-0.15, -0.1) is 0 Å². The summed E-state index contributed by atoms with van der Waals surface area (Å²) in [7, 11) is 0. The Morgan fingerprint density at radius 3 is 2.77 bits per heavy atom. The molecular weight excluding hydrogens is 501 g/mol. The third-order valence-corrected chi connectivity index (χ3v) is 9.02. The lowest BCUT2D eigenvalue weighted by molar-refractivity contribution is -0.148. The average molecular weight is 532 g/mol. The van der Waals surface area contributed by atoms with Crippen LogP contribution in [-0.4, -0.2) is 32.6 Å². The van der Waals surface area contributed by atoms with Gasteiger partial charge < -0.3 is 19.7 Å². The molecule has 2 N–H and O–H groups in total. The molecule has 2 aromatic heterocycles. The van der Waals surface area contributed by atoms with Gasteiger partial charge in [0.1, 0.15) is 18.5 Å². The number of aliphatic hydroxyl groups is 1. The van der Waals surface area contributed by atoms with E-state index in [-0.39, 0.29) is 36.4 Å². The van der Waals surface area contributed by atoms with Gasteiger partial charge in [0.05, 0.1) is 41.0 Å². The fourth-order valence-electron chi connectivity index (χ4n) is 6.78. The van der Waals surface area contributed by atoms with Crippen molar-refractivity contribution in [3.8, 4) is 11.4 Å². The number of ether oxygens (including phenoxy) is 1. The normalized spacial score (nSPS) is 21.7. The zero-order valence-corrected chi connectivity index (χ0v) is 22.0. The molecule has 0 radical (unpaired) electrons.